The summed E-state index contributed by atoms with van der Waals surface area (Å²) in [5.74, 6) is 0.849. The minimum Gasteiger partial charge on any atom is -0.315 e. The van der Waals surface area contributed by atoms with Crippen LogP contribution in [0.4, 0.5) is 0 Å². The van der Waals surface area contributed by atoms with Gasteiger partial charge < -0.3 is 5.32 Å². The highest BCUT2D eigenvalue weighted by atomic mass is 16.1. The number of carbonyl (C=O) groups is 1. The molecule has 0 bridgehead atoms. The number of amides is 1. The smallest absolute Gasteiger partial charge is 0.227 e. The van der Waals surface area contributed by atoms with Gasteiger partial charge in [-0.3, -0.25) is 9.79 Å². The molecule has 56 valence electrons. The van der Waals surface area contributed by atoms with E-state index in [1.165, 1.54) is 0 Å². The Kier molecular flexibility index (Phi) is 2.04. The predicted molar refractivity (Wildman–Crippen MR) is 39.9 cm³/mol. The first-order valence-corrected chi connectivity index (χ1v) is 3.56. The summed E-state index contributed by atoms with van der Waals surface area (Å²) < 4.78 is 0. The molecule has 1 heterocycles. The molecule has 0 radical (unpaired) electrons. The second-order valence-electron chi connectivity index (χ2n) is 2.53. The lowest BCUT2D eigenvalue weighted by atomic mass is 10.1. The predicted octanol–water partition coefficient (Wildman–Crippen LogP) is 0.703. The van der Waals surface area contributed by atoms with Gasteiger partial charge in [0.15, 0.2) is 0 Å². The minimum atomic E-state index is 0.0966. The van der Waals surface area contributed by atoms with E-state index < -0.39 is 0 Å². The lowest BCUT2D eigenvalue weighted by Gasteiger charge is -2.16. The van der Waals surface area contributed by atoms with Crippen molar-refractivity contribution >= 4 is 11.7 Å². The van der Waals surface area contributed by atoms with Crippen molar-refractivity contribution in [2.45, 2.75) is 32.7 Å². The van der Waals surface area contributed by atoms with Crippen molar-refractivity contribution in [3.8, 4) is 0 Å². The monoisotopic (exact) mass is 140 g/mol. The maximum Gasteiger partial charge on any atom is 0.227 e. The van der Waals surface area contributed by atoms with Crippen LogP contribution in [0.3, 0.4) is 0 Å². The van der Waals surface area contributed by atoms with E-state index in [0.717, 1.165) is 12.3 Å². The fourth-order valence-electron chi connectivity index (χ4n) is 1.05. The lowest BCUT2D eigenvalue weighted by Crippen LogP contribution is -2.36. The summed E-state index contributed by atoms with van der Waals surface area (Å²) in [6.07, 6.45) is 1.50. The summed E-state index contributed by atoms with van der Waals surface area (Å²) >= 11 is 0. The number of nitrogens with zero attached hydrogens (tertiary/aromatic N) is 1. The van der Waals surface area contributed by atoms with Crippen LogP contribution >= 0.6 is 0 Å². The highest BCUT2D eigenvalue weighted by Gasteiger charge is 2.16. The lowest BCUT2D eigenvalue weighted by molar-refractivity contribution is -0.120. The quantitative estimate of drug-likeness (QED) is 0.572. The van der Waals surface area contributed by atoms with E-state index in [2.05, 4.69) is 10.3 Å². The average Bonchev–Trinajstić information content (AvgIpc) is 1.85. The Labute approximate surface area is 60.5 Å². The Balaban J connectivity index is 2.63. The molecule has 10 heavy (non-hydrogen) atoms. The molecule has 3 heteroatoms. The number of hydrogen-bond acceptors (Lipinski definition) is 2. The molecule has 0 saturated heterocycles. The van der Waals surface area contributed by atoms with Gasteiger partial charge in [0.1, 0.15) is 5.84 Å². The molecule has 1 amide bonds. The van der Waals surface area contributed by atoms with Crippen molar-refractivity contribution in [3.63, 3.8) is 0 Å². The number of carbonyl (C=O) groups excluding carboxylic acids is 1. The van der Waals surface area contributed by atoms with Gasteiger partial charge in [-0.15, -0.1) is 0 Å². The summed E-state index contributed by atoms with van der Waals surface area (Å²) in [6.45, 7) is 3.86. The molecule has 0 aromatic rings. The Hall–Kier alpha value is -0.860. The zero-order valence-corrected chi connectivity index (χ0v) is 6.35. The molecule has 1 N–H and O–H groups in total. The molecular formula is C7H12N2O. The summed E-state index contributed by atoms with van der Waals surface area (Å²) in [4.78, 5) is 15.1. The van der Waals surface area contributed by atoms with E-state index in [0.29, 0.717) is 6.42 Å². The van der Waals surface area contributed by atoms with Crippen molar-refractivity contribution in [1.82, 2.24) is 5.32 Å². The van der Waals surface area contributed by atoms with Gasteiger partial charge in [0, 0.05) is 6.42 Å². The number of rotatable bonds is 1. The largest absolute Gasteiger partial charge is 0.315 e. The first kappa shape index (κ1) is 7.25. The molecular weight excluding hydrogens is 128 g/mol. The Morgan fingerprint density at radius 1 is 1.80 bits per heavy atom. The number of hydrogen-bond donors (Lipinski definition) is 1. The molecule has 0 aromatic heterocycles. The van der Waals surface area contributed by atoms with Crippen LogP contribution in [0.2, 0.25) is 0 Å². The van der Waals surface area contributed by atoms with Crippen molar-refractivity contribution in [3.05, 3.63) is 0 Å². The van der Waals surface area contributed by atoms with Gasteiger partial charge in [-0.1, -0.05) is 6.92 Å². The molecule has 0 fully saturated rings. The first-order valence-electron chi connectivity index (χ1n) is 3.56. The molecule has 3 nitrogen and oxygen atoms in total. The third kappa shape index (κ3) is 1.56. The topological polar surface area (TPSA) is 41.5 Å². The van der Waals surface area contributed by atoms with E-state index in [9.17, 15) is 4.79 Å². The SMILES string of the molecule is CCC1CC(=O)NC(C)=N1. The number of aliphatic imine (C=N–C) groups is 1. The zero-order valence-electron chi connectivity index (χ0n) is 6.35. The van der Waals surface area contributed by atoms with Crippen LogP contribution in [0.25, 0.3) is 0 Å². The number of nitrogens with one attached hydrogen (secondary N) is 1. The molecule has 0 aromatic carbocycles. The second kappa shape index (κ2) is 2.82. The molecule has 0 aliphatic carbocycles. The third-order valence-corrected chi connectivity index (χ3v) is 1.59. The van der Waals surface area contributed by atoms with Crippen LogP contribution in [0.5, 0.6) is 0 Å². The van der Waals surface area contributed by atoms with Gasteiger partial charge in [0.2, 0.25) is 5.91 Å². The molecule has 1 rings (SSSR count). The highest BCUT2D eigenvalue weighted by Crippen LogP contribution is 2.06. The Morgan fingerprint density at radius 2 is 2.50 bits per heavy atom. The summed E-state index contributed by atoms with van der Waals surface area (Å²) in [6, 6.07) is 0.216. The molecule has 1 atom stereocenters. The Morgan fingerprint density at radius 3 is 3.00 bits per heavy atom. The van der Waals surface area contributed by atoms with E-state index in [-0.39, 0.29) is 11.9 Å². The van der Waals surface area contributed by atoms with Gasteiger partial charge in [0.25, 0.3) is 0 Å². The normalized spacial score (nSPS) is 25.6. The average molecular weight is 140 g/mol. The van der Waals surface area contributed by atoms with E-state index >= 15 is 0 Å². The second-order valence-corrected chi connectivity index (χ2v) is 2.53. The van der Waals surface area contributed by atoms with Crippen molar-refractivity contribution in [1.29, 1.82) is 0 Å². The molecule has 1 unspecified atom stereocenters. The van der Waals surface area contributed by atoms with Gasteiger partial charge >= 0.3 is 0 Å². The van der Waals surface area contributed by atoms with Crippen molar-refractivity contribution < 1.29 is 4.79 Å². The van der Waals surface area contributed by atoms with Crippen LogP contribution in [0, 0.1) is 0 Å². The Bertz CT molecular complexity index is 174. The van der Waals surface area contributed by atoms with Gasteiger partial charge in [0.05, 0.1) is 6.04 Å². The van der Waals surface area contributed by atoms with Crippen molar-refractivity contribution in [2.24, 2.45) is 4.99 Å². The maximum atomic E-state index is 10.9. The maximum absolute atomic E-state index is 10.9. The summed E-state index contributed by atoms with van der Waals surface area (Å²) in [5.41, 5.74) is 0. The van der Waals surface area contributed by atoms with E-state index in [4.69, 9.17) is 0 Å². The first-order chi connectivity index (χ1) is 4.72. The van der Waals surface area contributed by atoms with Gasteiger partial charge in [-0.05, 0) is 13.3 Å². The van der Waals surface area contributed by atoms with Crippen LogP contribution in [-0.2, 0) is 4.79 Å². The molecule has 0 saturated carbocycles. The molecule has 0 spiro atoms. The van der Waals surface area contributed by atoms with Crippen LogP contribution in [0.15, 0.2) is 4.99 Å². The molecule has 1 aliphatic rings. The van der Waals surface area contributed by atoms with E-state index in [1.54, 1.807) is 0 Å². The summed E-state index contributed by atoms with van der Waals surface area (Å²) in [7, 11) is 0. The van der Waals surface area contributed by atoms with Crippen LogP contribution in [-0.4, -0.2) is 17.8 Å². The third-order valence-electron chi connectivity index (χ3n) is 1.59. The number of amidine groups is 1. The fourth-order valence-corrected chi connectivity index (χ4v) is 1.05. The summed E-state index contributed by atoms with van der Waals surface area (Å²) in [5, 5.41) is 2.65. The van der Waals surface area contributed by atoms with Crippen LogP contribution in [0.1, 0.15) is 26.7 Å². The molecule has 1 aliphatic heterocycles. The highest BCUT2D eigenvalue weighted by molar-refractivity contribution is 5.99. The standard InChI is InChI=1S/C7H12N2O/c1-3-6-4-7(10)9-5(2)8-6/h6H,3-4H2,1-2H3,(H,8,9,10). The zero-order chi connectivity index (χ0) is 7.56. The fraction of sp³-hybridized carbons (Fsp3) is 0.714. The van der Waals surface area contributed by atoms with E-state index in [1.807, 2.05) is 13.8 Å². The van der Waals surface area contributed by atoms with Gasteiger partial charge in [-0.2, -0.15) is 0 Å². The van der Waals surface area contributed by atoms with Crippen LogP contribution < -0.4 is 5.32 Å². The minimum absolute atomic E-state index is 0.0966. The van der Waals surface area contributed by atoms with Crippen molar-refractivity contribution in [2.75, 3.05) is 0 Å². The van der Waals surface area contributed by atoms with Gasteiger partial charge in [-0.25, -0.2) is 0 Å².